The van der Waals surface area contributed by atoms with Crippen LogP contribution in [0.4, 0.5) is 5.69 Å². The molecule has 4 rings (SSSR count). The summed E-state index contributed by atoms with van der Waals surface area (Å²) in [5.74, 6) is -1.05. The Morgan fingerprint density at radius 3 is 2.70 bits per heavy atom. The molecule has 3 aromatic rings. The molecule has 0 aliphatic heterocycles. The number of anilines is 1. The molecule has 20 heavy (non-hydrogen) atoms. The highest BCUT2D eigenvalue weighted by molar-refractivity contribution is 6.51. The number of nitrogens with zero attached hydrogens (tertiary/aromatic N) is 1. The quantitative estimate of drug-likeness (QED) is 0.500. The third kappa shape index (κ3) is 1.25. The van der Waals surface area contributed by atoms with Crippen molar-refractivity contribution in [3.05, 3.63) is 53.9 Å². The number of carbonyl (C=O) groups is 2. The molecule has 2 N–H and O–H groups in total. The lowest BCUT2D eigenvalue weighted by molar-refractivity contribution is -0.110. The van der Waals surface area contributed by atoms with Gasteiger partial charge >= 0.3 is 0 Å². The number of Topliss-reactive ketones (excluding diaryl/α,β-unsaturated/α-hetero) is 1. The van der Waals surface area contributed by atoms with E-state index in [1.165, 1.54) is 6.08 Å². The topological polar surface area (TPSA) is 64.6 Å². The van der Waals surface area contributed by atoms with Gasteiger partial charge in [0, 0.05) is 23.5 Å². The van der Waals surface area contributed by atoms with E-state index in [4.69, 9.17) is 5.73 Å². The van der Waals surface area contributed by atoms with Crippen LogP contribution in [-0.4, -0.2) is 16.0 Å². The minimum absolute atomic E-state index is 0.320. The predicted molar refractivity (Wildman–Crippen MR) is 77.7 cm³/mol. The molecule has 0 unspecified atom stereocenters. The normalized spacial score (nSPS) is 14.2. The van der Waals surface area contributed by atoms with Crippen molar-refractivity contribution in [3.8, 4) is 0 Å². The van der Waals surface area contributed by atoms with Crippen molar-refractivity contribution < 1.29 is 9.59 Å². The molecule has 0 radical (unpaired) electrons. The maximum atomic E-state index is 12.0. The Labute approximate surface area is 114 Å². The molecule has 0 bridgehead atoms. The average Bonchev–Trinajstić information content (AvgIpc) is 2.91. The summed E-state index contributed by atoms with van der Waals surface area (Å²) in [7, 11) is 0. The molecule has 4 nitrogen and oxygen atoms in total. The Balaban J connectivity index is 2.24. The number of nitrogens with two attached hydrogens (primary N) is 1. The number of allylic oxidation sites excluding steroid dienone is 1. The number of aromatic nitrogens is 1. The summed E-state index contributed by atoms with van der Waals surface area (Å²) >= 11 is 0. The SMILES string of the molecule is Nc1cc2c(ccn3cccc23)c2c1C(=O)C(=O)C=C2. The minimum Gasteiger partial charge on any atom is -0.398 e. The van der Waals surface area contributed by atoms with Crippen molar-refractivity contribution in [1.29, 1.82) is 0 Å². The molecule has 1 aromatic carbocycles. The van der Waals surface area contributed by atoms with Crippen LogP contribution in [0.25, 0.3) is 22.4 Å². The molecule has 2 heterocycles. The number of hydrogen-bond donors (Lipinski definition) is 1. The molecule has 2 aromatic heterocycles. The third-order valence-electron chi connectivity index (χ3n) is 3.75. The molecule has 0 saturated heterocycles. The number of carbonyl (C=O) groups excluding carboxylic acids is 2. The van der Waals surface area contributed by atoms with Gasteiger partial charge in [-0.15, -0.1) is 0 Å². The fraction of sp³-hybridized carbons (Fsp3) is 0. The van der Waals surface area contributed by atoms with Gasteiger partial charge in [-0.3, -0.25) is 9.59 Å². The average molecular weight is 262 g/mol. The summed E-state index contributed by atoms with van der Waals surface area (Å²) in [5, 5.41) is 1.90. The summed E-state index contributed by atoms with van der Waals surface area (Å²) in [6.45, 7) is 0. The molecule has 0 saturated carbocycles. The first-order valence-electron chi connectivity index (χ1n) is 6.25. The van der Waals surface area contributed by atoms with E-state index in [-0.39, 0.29) is 0 Å². The highest BCUT2D eigenvalue weighted by Gasteiger charge is 2.25. The zero-order valence-electron chi connectivity index (χ0n) is 10.5. The first-order chi connectivity index (χ1) is 9.66. The van der Waals surface area contributed by atoms with Crippen LogP contribution in [0.15, 0.2) is 42.7 Å². The highest BCUT2D eigenvalue weighted by Crippen LogP contribution is 2.33. The summed E-state index contributed by atoms with van der Waals surface area (Å²) < 4.78 is 1.99. The molecule has 1 aliphatic carbocycles. The smallest absolute Gasteiger partial charge is 0.235 e. The predicted octanol–water partition coefficient (Wildman–Crippen LogP) is 2.45. The summed E-state index contributed by atoms with van der Waals surface area (Å²) in [5.41, 5.74) is 8.43. The lowest BCUT2D eigenvalue weighted by Crippen LogP contribution is -2.18. The summed E-state index contributed by atoms with van der Waals surface area (Å²) in [4.78, 5) is 23.5. The standard InChI is InChI=1S/C16H10N2O2/c17-12-8-11-9(5-7-18-6-1-2-13(11)18)10-3-4-14(19)16(20)15(10)12/h1-8H,17H2. The monoisotopic (exact) mass is 262 g/mol. The highest BCUT2D eigenvalue weighted by atomic mass is 16.2. The van der Waals surface area contributed by atoms with Gasteiger partial charge in [-0.25, -0.2) is 0 Å². The molecule has 0 fully saturated rings. The van der Waals surface area contributed by atoms with Gasteiger partial charge in [-0.05, 0) is 47.4 Å². The van der Waals surface area contributed by atoms with Gasteiger partial charge in [-0.2, -0.15) is 0 Å². The molecule has 1 aliphatic rings. The zero-order valence-corrected chi connectivity index (χ0v) is 10.5. The largest absolute Gasteiger partial charge is 0.398 e. The van der Waals surface area contributed by atoms with Crippen molar-refractivity contribution >= 4 is 39.6 Å². The minimum atomic E-state index is -0.530. The van der Waals surface area contributed by atoms with Crippen molar-refractivity contribution in [2.24, 2.45) is 0 Å². The van der Waals surface area contributed by atoms with Gasteiger partial charge in [-0.1, -0.05) is 0 Å². The number of nitrogen functional groups attached to an aromatic ring is 1. The van der Waals surface area contributed by atoms with E-state index in [1.807, 2.05) is 35.0 Å². The van der Waals surface area contributed by atoms with E-state index in [0.29, 0.717) is 11.3 Å². The maximum absolute atomic E-state index is 12.0. The van der Waals surface area contributed by atoms with Crippen LogP contribution < -0.4 is 5.73 Å². The first kappa shape index (κ1) is 11.0. The lowest BCUT2D eigenvalue weighted by Gasteiger charge is -2.15. The molecule has 0 amide bonds. The van der Waals surface area contributed by atoms with E-state index in [9.17, 15) is 9.59 Å². The van der Waals surface area contributed by atoms with Crippen LogP contribution in [0.2, 0.25) is 0 Å². The molecule has 0 atom stereocenters. The maximum Gasteiger partial charge on any atom is 0.235 e. The molecular weight excluding hydrogens is 252 g/mol. The van der Waals surface area contributed by atoms with Crippen molar-refractivity contribution in [1.82, 2.24) is 4.40 Å². The van der Waals surface area contributed by atoms with Crippen molar-refractivity contribution in [2.45, 2.75) is 0 Å². The van der Waals surface area contributed by atoms with E-state index in [0.717, 1.165) is 21.9 Å². The fourth-order valence-electron chi connectivity index (χ4n) is 2.82. The van der Waals surface area contributed by atoms with E-state index < -0.39 is 11.6 Å². The Morgan fingerprint density at radius 1 is 1.00 bits per heavy atom. The van der Waals surface area contributed by atoms with Crippen LogP contribution in [-0.2, 0) is 4.79 Å². The third-order valence-corrected chi connectivity index (χ3v) is 3.75. The summed E-state index contributed by atoms with van der Waals surface area (Å²) in [6, 6.07) is 7.66. The molecule has 96 valence electrons. The van der Waals surface area contributed by atoms with E-state index >= 15 is 0 Å². The van der Waals surface area contributed by atoms with E-state index in [2.05, 4.69) is 0 Å². The Bertz CT molecular complexity index is 948. The number of pyridine rings is 1. The number of rotatable bonds is 0. The zero-order chi connectivity index (χ0) is 13.9. The van der Waals surface area contributed by atoms with Gasteiger partial charge in [0.15, 0.2) is 0 Å². The van der Waals surface area contributed by atoms with Crippen molar-refractivity contribution in [2.75, 3.05) is 5.73 Å². The molecular formula is C16H10N2O2. The second-order valence-electron chi connectivity index (χ2n) is 4.86. The van der Waals surface area contributed by atoms with Crippen LogP contribution in [0, 0.1) is 0 Å². The van der Waals surface area contributed by atoms with Crippen LogP contribution in [0.5, 0.6) is 0 Å². The number of fused-ring (bicyclic) bond motifs is 5. The molecule has 0 spiro atoms. The first-order valence-corrected chi connectivity index (χ1v) is 6.25. The van der Waals surface area contributed by atoms with Gasteiger partial charge in [0.2, 0.25) is 11.6 Å². The second kappa shape index (κ2) is 3.57. The van der Waals surface area contributed by atoms with Crippen molar-refractivity contribution in [3.63, 3.8) is 0 Å². The van der Waals surface area contributed by atoms with Crippen LogP contribution >= 0.6 is 0 Å². The number of hydrogen-bond acceptors (Lipinski definition) is 3. The number of ketones is 2. The fourth-order valence-corrected chi connectivity index (χ4v) is 2.82. The Kier molecular flexibility index (Phi) is 1.96. The van der Waals surface area contributed by atoms with Gasteiger partial charge < -0.3 is 10.1 Å². The van der Waals surface area contributed by atoms with Gasteiger partial charge in [0.25, 0.3) is 0 Å². The Morgan fingerprint density at radius 2 is 1.85 bits per heavy atom. The van der Waals surface area contributed by atoms with Gasteiger partial charge in [0.05, 0.1) is 11.1 Å². The molecule has 4 heteroatoms. The van der Waals surface area contributed by atoms with Crippen LogP contribution in [0.3, 0.4) is 0 Å². The lowest BCUT2D eigenvalue weighted by atomic mass is 9.89. The Hall–Kier alpha value is -2.88. The van der Waals surface area contributed by atoms with Crippen LogP contribution in [0.1, 0.15) is 15.9 Å². The summed E-state index contributed by atoms with van der Waals surface area (Å²) in [6.07, 6.45) is 6.88. The van der Waals surface area contributed by atoms with E-state index in [1.54, 1.807) is 12.1 Å². The number of benzene rings is 1. The second-order valence-corrected chi connectivity index (χ2v) is 4.86. The van der Waals surface area contributed by atoms with Gasteiger partial charge in [0.1, 0.15) is 0 Å².